The molecule has 0 atom stereocenters. The molecule has 1 aliphatic rings. The van der Waals surface area contributed by atoms with E-state index in [1.54, 1.807) is 20.2 Å². The lowest BCUT2D eigenvalue weighted by Gasteiger charge is -2.42. The maximum Gasteiger partial charge on any atom is 0.261 e. The lowest BCUT2D eigenvalue weighted by atomic mass is 9.77. The van der Waals surface area contributed by atoms with E-state index in [9.17, 15) is 10.1 Å². The summed E-state index contributed by atoms with van der Waals surface area (Å²) >= 11 is 0. The van der Waals surface area contributed by atoms with Crippen molar-refractivity contribution in [1.82, 2.24) is 4.90 Å². The summed E-state index contributed by atoms with van der Waals surface area (Å²) in [6, 6.07) is 7.78. The van der Waals surface area contributed by atoms with E-state index in [0.29, 0.717) is 11.5 Å². The molecule has 0 aromatic heterocycles. The number of aryl methyl sites for hydroxylation is 1. The number of carbonyl (C=O) groups excluding carboxylic acids is 1. The first-order valence-corrected chi connectivity index (χ1v) is 6.98. The van der Waals surface area contributed by atoms with Crippen LogP contribution in [0.25, 0.3) is 0 Å². The fourth-order valence-corrected chi connectivity index (χ4v) is 2.40. The lowest BCUT2D eigenvalue weighted by Crippen LogP contribution is -2.54. The minimum absolute atomic E-state index is 0.0979. The Bertz CT molecular complexity index is 573. The van der Waals surface area contributed by atoms with Gasteiger partial charge in [-0.1, -0.05) is 6.07 Å². The molecule has 5 nitrogen and oxygen atoms in total. The molecule has 21 heavy (non-hydrogen) atoms. The summed E-state index contributed by atoms with van der Waals surface area (Å²) in [5.41, 5.74) is 0.415. The highest BCUT2D eigenvalue weighted by molar-refractivity contribution is 5.79. The molecule has 0 radical (unpaired) electrons. The SMILES string of the molecule is COc1cc(C)ccc1OCC(=O)N(C)C1(C#N)CCC1. The van der Waals surface area contributed by atoms with E-state index in [2.05, 4.69) is 6.07 Å². The molecule has 1 aromatic carbocycles. The number of carbonyl (C=O) groups is 1. The molecule has 0 aliphatic heterocycles. The highest BCUT2D eigenvalue weighted by Gasteiger charge is 2.43. The second kappa shape index (κ2) is 6.04. The zero-order valence-electron chi connectivity index (χ0n) is 12.7. The lowest BCUT2D eigenvalue weighted by molar-refractivity contribution is -0.138. The molecule has 1 aromatic rings. The Morgan fingerprint density at radius 2 is 2.14 bits per heavy atom. The van der Waals surface area contributed by atoms with E-state index >= 15 is 0 Å². The predicted molar refractivity (Wildman–Crippen MR) is 78.2 cm³/mol. The normalized spacial score (nSPS) is 15.5. The van der Waals surface area contributed by atoms with Gasteiger partial charge in [-0.25, -0.2) is 0 Å². The minimum Gasteiger partial charge on any atom is -0.493 e. The Morgan fingerprint density at radius 3 is 2.67 bits per heavy atom. The average molecular weight is 288 g/mol. The molecule has 1 fully saturated rings. The van der Waals surface area contributed by atoms with Crippen LogP contribution in [0.4, 0.5) is 0 Å². The molecule has 112 valence electrons. The summed E-state index contributed by atoms with van der Waals surface area (Å²) in [7, 11) is 3.23. The van der Waals surface area contributed by atoms with E-state index in [1.807, 2.05) is 19.1 Å². The van der Waals surface area contributed by atoms with Crippen LogP contribution in [0.2, 0.25) is 0 Å². The number of hydrogen-bond acceptors (Lipinski definition) is 4. The second-order valence-electron chi connectivity index (χ2n) is 5.39. The summed E-state index contributed by atoms with van der Waals surface area (Å²) in [6.45, 7) is 1.86. The van der Waals surface area contributed by atoms with Gasteiger partial charge in [-0.15, -0.1) is 0 Å². The molecule has 1 aliphatic carbocycles. The molecule has 5 heteroatoms. The van der Waals surface area contributed by atoms with Crippen LogP contribution in [0.1, 0.15) is 24.8 Å². The molecule has 0 saturated heterocycles. The summed E-state index contributed by atoms with van der Waals surface area (Å²) in [5, 5.41) is 9.25. The van der Waals surface area contributed by atoms with Gasteiger partial charge in [0, 0.05) is 7.05 Å². The summed E-state index contributed by atoms with van der Waals surface area (Å²) < 4.78 is 10.8. The van der Waals surface area contributed by atoms with E-state index in [-0.39, 0.29) is 12.5 Å². The topological polar surface area (TPSA) is 62.6 Å². The van der Waals surface area contributed by atoms with Gasteiger partial charge in [0.05, 0.1) is 13.2 Å². The Labute approximate surface area is 125 Å². The van der Waals surface area contributed by atoms with Crippen LogP contribution in [0.3, 0.4) is 0 Å². The van der Waals surface area contributed by atoms with Crippen LogP contribution in [0.15, 0.2) is 18.2 Å². The standard InChI is InChI=1S/C16H20N2O3/c1-12-5-6-13(14(9-12)20-3)21-10-15(19)18(2)16(11-17)7-4-8-16/h5-6,9H,4,7-8,10H2,1-3H3. The quantitative estimate of drug-likeness (QED) is 0.834. The van der Waals surface area contributed by atoms with Crippen molar-refractivity contribution in [2.24, 2.45) is 0 Å². The van der Waals surface area contributed by atoms with E-state index < -0.39 is 5.54 Å². The summed E-state index contributed by atoms with van der Waals surface area (Å²) in [5.74, 6) is 0.937. The first-order valence-electron chi connectivity index (χ1n) is 6.98. The first kappa shape index (κ1) is 15.2. The number of ether oxygens (including phenoxy) is 2. The fourth-order valence-electron chi connectivity index (χ4n) is 2.40. The Morgan fingerprint density at radius 1 is 1.43 bits per heavy atom. The molecule has 0 heterocycles. The van der Waals surface area contributed by atoms with Gasteiger partial charge < -0.3 is 14.4 Å². The number of likely N-dealkylation sites (N-methyl/N-ethyl adjacent to an activating group) is 1. The van der Waals surface area contributed by atoms with Crippen molar-refractivity contribution in [1.29, 1.82) is 5.26 Å². The van der Waals surface area contributed by atoms with Crippen LogP contribution >= 0.6 is 0 Å². The number of methoxy groups -OCH3 is 1. The molecular weight excluding hydrogens is 268 g/mol. The van der Waals surface area contributed by atoms with Gasteiger partial charge in [0.25, 0.3) is 5.91 Å². The van der Waals surface area contributed by atoms with Crippen LogP contribution < -0.4 is 9.47 Å². The molecule has 0 spiro atoms. The van der Waals surface area contributed by atoms with E-state index in [0.717, 1.165) is 24.8 Å². The number of nitriles is 1. The minimum atomic E-state index is -0.641. The monoisotopic (exact) mass is 288 g/mol. The van der Waals surface area contributed by atoms with Gasteiger partial charge in [0.2, 0.25) is 0 Å². The van der Waals surface area contributed by atoms with E-state index in [4.69, 9.17) is 9.47 Å². The van der Waals surface area contributed by atoms with Crippen molar-refractivity contribution in [2.75, 3.05) is 20.8 Å². The van der Waals surface area contributed by atoms with Crippen molar-refractivity contribution >= 4 is 5.91 Å². The largest absolute Gasteiger partial charge is 0.493 e. The number of hydrogen-bond donors (Lipinski definition) is 0. The molecule has 0 N–H and O–H groups in total. The molecule has 2 rings (SSSR count). The maximum absolute atomic E-state index is 12.2. The fraction of sp³-hybridized carbons (Fsp3) is 0.500. The Kier molecular flexibility index (Phi) is 4.37. The van der Waals surface area contributed by atoms with Crippen LogP contribution in [0.5, 0.6) is 11.5 Å². The van der Waals surface area contributed by atoms with Gasteiger partial charge in [-0.05, 0) is 43.9 Å². The third-order valence-corrected chi connectivity index (χ3v) is 4.08. The summed E-state index contributed by atoms with van der Waals surface area (Å²) in [6.07, 6.45) is 2.46. The van der Waals surface area contributed by atoms with Crippen LogP contribution in [-0.4, -0.2) is 37.1 Å². The highest BCUT2D eigenvalue weighted by atomic mass is 16.5. The molecule has 1 saturated carbocycles. The predicted octanol–water partition coefficient (Wildman–Crippen LogP) is 2.29. The van der Waals surface area contributed by atoms with Gasteiger partial charge >= 0.3 is 0 Å². The van der Waals surface area contributed by atoms with Crippen LogP contribution in [-0.2, 0) is 4.79 Å². The van der Waals surface area contributed by atoms with Gasteiger partial charge in [-0.2, -0.15) is 5.26 Å². The zero-order chi connectivity index (χ0) is 15.5. The molecule has 0 unspecified atom stereocenters. The van der Waals surface area contributed by atoms with Crippen molar-refractivity contribution in [3.63, 3.8) is 0 Å². The number of amides is 1. The van der Waals surface area contributed by atoms with E-state index in [1.165, 1.54) is 4.90 Å². The van der Waals surface area contributed by atoms with Crippen LogP contribution in [0, 0.1) is 18.3 Å². The smallest absolute Gasteiger partial charge is 0.261 e. The number of nitrogens with zero attached hydrogens (tertiary/aromatic N) is 2. The second-order valence-corrected chi connectivity index (χ2v) is 5.39. The van der Waals surface area contributed by atoms with Crippen molar-refractivity contribution in [3.8, 4) is 17.6 Å². The molecular formula is C16H20N2O3. The number of benzene rings is 1. The Hall–Kier alpha value is -2.22. The summed E-state index contributed by atoms with van der Waals surface area (Å²) in [4.78, 5) is 13.7. The van der Waals surface area contributed by atoms with Crippen molar-refractivity contribution < 1.29 is 14.3 Å². The third kappa shape index (κ3) is 2.94. The maximum atomic E-state index is 12.2. The highest BCUT2D eigenvalue weighted by Crippen LogP contribution is 2.36. The third-order valence-electron chi connectivity index (χ3n) is 4.08. The Balaban J connectivity index is 2.00. The van der Waals surface area contributed by atoms with Gasteiger partial charge in [0.15, 0.2) is 18.1 Å². The van der Waals surface area contributed by atoms with Gasteiger partial charge in [0.1, 0.15) is 5.54 Å². The molecule has 1 amide bonds. The molecule has 0 bridgehead atoms. The average Bonchev–Trinajstić information content (AvgIpc) is 2.44. The number of rotatable bonds is 5. The van der Waals surface area contributed by atoms with Crippen molar-refractivity contribution in [2.45, 2.75) is 31.7 Å². The first-order chi connectivity index (χ1) is 10.0. The zero-order valence-corrected chi connectivity index (χ0v) is 12.7. The van der Waals surface area contributed by atoms with Gasteiger partial charge in [-0.3, -0.25) is 4.79 Å². The van der Waals surface area contributed by atoms with Crippen molar-refractivity contribution in [3.05, 3.63) is 23.8 Å².